The number of nitrogens with zero attached hydrogens (tertiary/aromatic N) is 3. The summed E-state index contributed by atoms with van der Waals surface area (Å²) >= 11 is 0. The molecule has 2 aromatic carbocycles. The van der Waals surface area contributed by atoms with Crippen molar-refractivity contribution in [3.05, 3.63) is 65.2 Å². The highest BCUT2D eigenvalue weighted by molar-refractivity contribution is 5.99. The molecule has 1 heterocycles. The molecule has 0 bridgehead atoms. The predicted octanol–water partition coefficient (Wildman–Crippen LogP) is 5.08. The van der Waals surface area contributed by atoms with Gasteiger partial charge in [-0.3, -0.25) is 19.5 Å². The number of para-hydroxylation sites is 1. The van der Waals surface area contributed by atoms with Gasteiger partial charge in [0, 0.05) is 37.4 Å². The zero-order valence-electron chi connectivity index (χ0n) is 22.4. The number of carbonyl (C=O) groups excluding carboxylic acids is 1. The zero-order valence-corrected chi connectivity index (χ0v) is 22.4. The van der Waals surface area contributed by atoms with Crippen LogP contribution < -0.4 is 5.32 Å². The Balaban J connectivity index is 1.45. The highest BCUT2D eigenvalue weighted by atomic mass is 16.2. The molecule has 1 N–H and O–H groups in total. The smallest absolute Gasteiger partial charge is 0.244 e. The number of nitrogens with one attached hydrogen (secondary N) is 1. The van der Waals surface area contributed by atoms with Crippen LogP contribution in [0.3, 0.4) is 0 Å². The molecule has 0 aromatic heterocycles. The summed E-state index contributed by atoms with van der Waals surface area (Å²) in [7, 11) is 6.43. The Morgan fingerprint density at radius 1 is 0.943 bits per heavy atom. The summed E-state index contributed by atoms with van der Waals surface area (Å²) in [5.74, 6) is 0.140. The molecule has 2 aliphatic rings. The Morgan fingerprint density at radius 2 is 1.57 bits per heavy atom. The van der Waals surface area contributed by atoms with E-state index in [-0.39, 0.29) is 5.91 Å². The summed E-state index contributed by atoms with van der Waals surface area (Å²) < 4.78 is 0. The lowest BCUT2D eigenvalue weighted by Gasteiger charge is -2.50. The standard InChI is InChI=1S/C30H44N4O/c1-23-12-11-13-24(2)28(23)31-29(35)30(32(3)4)18-20-34(21-19-30)27-17-10-9-16-26(27)33(5)22-25-14-7-6-8-15-25/h6-8,11-15,26-27H,9-10,16-22H2,1-5H3,(H,31,35)/t26-,27-/m1/s1. The summed E-state index contributed by atoms with van der Waals surface area (Å²) in [6.07, 6.45) is 6.87. The summed E-state index contributed by atoms with van der Waals surface area (Å²) in [6.45, 7) is 7.08. The van der Waals surface area contributed by atoms with Gasteiger partial charge in [-0.1, -0.05) is 61.4 Å². The van der Waals surface area contributed by atoms with E-state index in [0.717, 1.165) is 49.3 Å². The van der Waals surface area contributed by atoms with Crippen LogP contribution >= 0.6 is 0 Å². The van der Waals surface area contributed by atoms with Gasteiger partial charge < -0.3 is 5.32 Å². The number of likely N-dealkylation sites (N-methyl/N-ethyl adjacent to an activating group) is 2. The van der Waals surface area contributed by atoms with E-state index in [1.54, 1.807) is 0 Å². The molecule has 1 aliphatic carbocycles. The van der Waals surface area contributed by atoms with E-state index in [4.69, 9.17) is 0 Å². The molecule has 5 nitrogen and oxygen atoms in total. The monoisotopic (exact) mass is 476 g/mol. The molecule has 0 radical (unpaired) electrons. The van der Waals surface area contributed by atoms with E-state index in [0.29, 0.717) is 12.1 Å². The third kappa shape index (κ3) is 5.63. The first-order valence-corrected chi connectivity index (χ1v) is 13.3. The highest BCUT2D eigenvalue weighted by Crippen LogP contribution is 2.35. The number of hydrogen-bond acceptors (Lipinski definition) is 4. The lowest BCUT2D eigenvalue weighted by Crippen LogP contribution is -2.62. The lowest BCUT2D eigenvalue weighted by molar-refractivity contribution is -0.130. The maximum atomic E-state index is 13.7. The Bertz CT molecular complexity index is 961. The predicted molar refractivity (Wildman–Crippen MR) is 146 cm³/mol. The SMILES string of the molecule is Cc1cccc(C)c1NC(=O)C1(N(C)C)CCN([C@@H]2CCCC[C@H]2N(C)Cc2ccccc2)CC1. The fourth-order valence-corrected chi connectivity index (χ4v) is 6.36. The fraction of sp³-hybridized carbons (Fsp3) is 0.567. The number of anilines is 1. The van der Waals surface area contributed by atoms with Crippen LogP contribution in [0.1, 0.15) is 55.2 Å². The van der Waals surface area contributed by atoms with Gasteiger partial charge in [-0.2, -0.15) is 0 Å². The quantitative estimate of drug-likeness (QED) is 0.605. The van der Waals surface area contributed by atoms with E-state index in [1.165, 1.54) is 31.2 Å². The Labute approximate surface area is 212 Å². The largest absolute Gasteiger partial charge is 0.324 e. The van der Waals surface area contributed by atoms with Gasteiger partial charge in [-0.25, -0.2) is 0 Å². The number of benzene rings is 2. The van der Waals surface area contributed by atoms with Crippen LogP contribution in [0.2, 0.25) is 0 Å². The molecule has 4 rings (SSSR count). The molecule has 190 valence electrons. The number of piperidine rings is 1. The van der Waals surface area contributed by atoms with Crippen LogP contribution in [-0.2, 0) is 11.3 Å². The van der Waals surface area contributed by atoms with Gasteiger partial charge in [0.05, 0.1) is 0 Å². The molecule has 0 unspecified atom stereocenters. The van der Waals surface area contributed by atoms with Crippen LogP contribution in [0.15, 0.2) is 48.5 Å². The number of amides is 1. The van der Waals surface area contributed by atoms with Crippen molar-refractivity contribution in [3.8, 4) is 0 Å². The molecule has 2 atom stereocenters. The molecule has 5 heteroatoms. The maximum Gasteiger partial charge on any atom is 0.244 e. The third-order valence-electron chi connectivity index (χ3n) is 8.63. The van der Waals surface area contributed by atoms with Crippen molar-refractivity contribution in [2.75, 3.05) is 39.5 Å². The Kier molecular flexibility index (Phi) is 8.31. The molecular weight excluding hydrogens is 432 g/mol. The number of carbonyl (C=O) groups is 1. The number of rotatable bonds is 7. The van der Waals surface area contributed by atoms with Crippen molar-refractivity contribution in [3.63, 3.8) is 0 Å². The van der Waals surface area contributed by atoms with Crippen LogP contribution in [0.5, 0.6) is 0 Å². The minimum absolute atomic E-state index is 0.140. The average Bonchev–Trinajstić information content (AvgIpc) is 2.86. The molecule has 1 amide bonds. The molecule has 0 spiro atoms. The van der Waals surface area contributed by atoms with Crippen molar-refractivity contribution in [1.82, 2.24) is 14.7 Å². The van der Waals surface area contributed by atoms with E-state index in [2.05, 4.69) is 104 Å². The Hall–Kier alpha value is -2.21. The first kappa shape index (κ1) is 25.9. The van der Waals surface area contributed by atoms with Gasteiger partial charge in [-0.05, 0) is 77.4 Å². The van der Waals surface area contributed by atoms with Crippen LogP contribution in [0.25, 0.3) is 0 Å². The molecule has 1 aliphatic heterocycles. The van der Waals surface area contributed by atoms with Crippen molar-refractivity contribution >= 4 is 11.6 Å². The maximum absolute atomic E-state index is 13.7. The Morgan fingerprint density at radius 3 is 2.20 bits per heavy atom. The summed E-state index contributed by atoms with van der Waals surface area (Å²) in [4.78, 5) is 21.1. The number of aryl methyl sites for hydroxylation is 2. The second-order valence-electron chi connectivity index (χ2n) is 11.0. The first-order chi connectivity index (χ1) is 16.8. The fourth-order valence-electron chi connectivity index (χ4n) is 6.36. The second-order valence-corrected chi connectivity index (χ2v) is 11.0. The molecule has 2 fully saturated rings. The van der Waals surface area contributed by atoms with Gasteiger partial charge in [0.2, 0.25) is 5.91 Å². The van der Waals surface area contributed by atoms with Crippen LogP contribution in [-0.4, -0.2) is 72.5 Å². The van der Waals surface area contributed by atoms with E-state index >= 15 is 0 Å². The van der Waals surface area contributed by atoms with Gasteiger partial charge in [0.15, 0.2) is 0 Å². The van der Waals surface area contributed by atoms with Gasteiger partial charge in [-0.15, -0.1) is 0 Å². The van der Waals surface area contributed by atoms with Crippen molar-refractivity contribution in [1.29, 1.82) is 0 Å². The molecular formula is C30H44N4O. The molecule has 35 heavy (non-hydrogen) atoms. The molecule has 1 saturated heterocycles. The molecule has 1 saturated carbocycles. The highest BCUT2D eigenvalue weighted by Gasteiger charge is 2.45. The van der Waals surface area contributed by atoms with E-state index in [1.807, 2.05) is 0 Å². The van der Waals surface area contributed by atoms with E-state index in [9.17, 15) is 4.79 Å². The third-order valence-corrected chi connectivity index (χ3v) is 8.63. The van der Waals surface area contributed by atoms with Gasteiger partial charge in [0.25, 0.3) is 0 Å². The van der Waals surface area contributed by atoms with E-state index < -0.39 is 5.54 Å². The minimum atomic E-state index is -0.467. The average molecular weight is 477 g/mol. The normalized spacial score (nSPS) is 22.9. The van der Waals surface area contributed by atoms with Crippen LogP contribution in [0.4, 0.5) is 5.69 Å². The summed E-state index contributed by atoms with van der Waals surface area (Å²) in [5, 5.41) is 3.31. The number of hydrogen-bond donors (Lipinski definition) is 1. The van der Waals surface area contributed by atoms with Crippen molar-refractivity contribution in [2.24, 2.45) is 0 Å². The summed E-state index contributed by atoms with van der Waals surface area (Å²) in [6, 6.07) is 18.2. The lowest BCUT2D eigenvalue weighted by atomic mass is 9.81. The zero-order chi connectivity index (χ0) is 25.0. The number of likely N-dealkylation sites (tertiary alicyclic amines) is 1. The van der Waals surface area contributed by atoms with Crippen LogP contribution in [0, 0.1) is 13.8 Å². The first-order valence-electron chi connectivity index (χ1n) is 13.3. The molecule has 2 aromatic rings. The van der Waals surface area contributed by atoms with Gasteiger partial charge >= 0.3 is 0 Å². The topological polar surface area (TPSA) is 38.8 Å². The second kappa shape index (κ2) is 11.2. The van der Waals surface area contributed by atoms with Crippen molar-refractivity contribution in [2.45, 2.75) is 76.5 Å². The van der Waals surface area contributed by atoms with Crippen molar-refractivity contribution < 1.29 is 4.79 Å². The summed E-state index contributed by atoms with van der Waals surface area (Å²) in [5.41, 5.74) is 4.13. The minimum Gasteiger partial charge on any atom is -0.324 e. The van der Waals surface area contributed by atoms with Gasteiger partial charge in [0.1, 0.15) is 5.54 Å².